The van der Waals surface area contributed by atoms with Gasteiger partial charge in [-0.25, -0.2) is 0 Å². The van der Waals surface area contributed by atoms with E-state index in [4.69, 9.17) is 15.3 Å². The molecule has 0 amide bonds. The molecule has 28 heavy (non-hydrogen) atoms. The summed E-state index contributed by atoms with van der Waals surface area (Å²) in [6.07, 6.45) is 1.57. The molecule has 0 heterocycles. The van der Waals surface area contributed by atoms with Crippen molar-refractivity contribution in [1.82, 2.24) is 14.0 Å². The van der Waals surface area contributed by atoms with E-state index in [1.165, 1.54) is 0 Å². The van der Waals surface area contributed by atoms with E-state index in [-0.39, 0.29) is 0 Å². The number of hydrogen-bond donors (Lipinski definition) is 0. The van der Waals surface area contributed by atoms with Crippen LogP contribution >= 0.6 is 0 Å². The molecule has 0 aromatic heterocycles. The largest absolute Gasteiger partial charge is 0.328 e. The van der Waals surface area contributed by atoms with E-state index in [1.807, 2.05) is 0 Å². The summed E-state index contributed by atoms with van der Waals surface area (Å²) in [7, 11) is 1.93. The molecule has 0 bridgehead atoms. The van der Waals surface area contributed by atoms with Crippen LogP contribution in [0.2, 0.25) is 58.9 Å². The van der Waals surface area contributed by atoms with Crippen molar-refractivity contribution >= 4 is 41.8 Å². The topological polar surface area (TPSA) is 46.8 Å². The smallest absolute Gasteiger partial charge is 0.168 e. The van der Waals surface area contributed by atoms with E-state index in [9.17, 15) is 0 Å². The predicted octanol–water partition coefficient (Wildman–Crippen LogP) is 5.17. The lowest BCUT2D eigenvalue weighted by Crippen LogP contribution is -2.41. The standard InChI is InChI=1S/C19H46N6Si3/c1-17(20-23(3)26(6,7)8)15-19(22-25(5)28(12,13)14)16-18(2)21-24(4)27(9,10)11/h15-16H2,1-14H3. The van der Waals surface area contributed by atoms with Crippen molar-refractivity contribution in [2.45, 2.75) is 85.6 Å². The van der Waals surface area contributed by atoms with E-state index in [1.54, 1.807) is 0 Å². The zero-order valence-corrected chi connectivity index (χ0v) is 24.1. The fourth-order valence-corrected chi connectivity index (χ4v) is 3.35. The molecule has 0 fully saturated rings. The van der Waals surface area contributed by atoms with Gasteiger partial charge in [-0.3, -0.25) is 0 Å². The summed E-state index contributed by atoms with van der Waals surface area (Å²) >= 11 is 0. The summed E-state index contributed by atoms with van der Waals surface area (Å²) in [6, 6.07) is 0. The molecule has 0 saturated carbocycles. The number of hydrogen-bond acceptors (Lipinski definition) is 6. The van der Waals surface area contributed by atoms with Gasteiger partial charge in [0, 0.05) is 51.1 Å². The van der Waals surface area contributed by atoms with Crippen molar-refractivity contribution in [3.8, 4) is 0 Å². The van der Waals surface area contributed by atoms with Crippen LogP contribution in [0.5, 0.6) is 0 Å². The first-order chi connectivity index (χ1) is 12.3. The van der Waals surface area contributed by atoms with Gasteiger partial charge >= 0.3 is 0 Å². The van der Waals surface area contributed by atoms with E-state index < -0.39 is 24.7 Å². The lowest BCUT2D eigenvalue weighted by atomic mass is 10.1. The molecule has 0 unspecified atom stereocenters. The van der Waals surface area contributed by atoms with Crippen LogP contribution in [0, 0.1) is 0 Å². The number of hydrazone groups is 3. The third-order valence-corrected chi connectivity index (χ3v) is 10.9. The fourth-order valence-electron chi connectivity index (χ4n) is 1.97. The number of rotatable bonds is 10. The molecule has 0 aliphatic carbocycles. The highest BCUT2D eigenvalue weighted by Crippen LogP contribution is 2.13. The average Bonchev–Trinajstić information content (AvgIpc) is 2.43. The monoisotopic (exact) mass is 442 g/mol. The van der Waals surface area contributed by atoms with Gasteiger partial charge in [-0.15, -0.1) is 0 Å². The highest BCUT2D eigenvalue weighted by molar-refractivity contribution is 6.74. The van der Waals surface area contributed by atoms with Crippen LogP contribution in [0.15, 0.2) is 15.3 Å². The first kappa shape index (κ1) is 27.1. The van der Waals surface area contributed by atoms with Crippen LogP contribution < -0.4 is 0 Å². The maximum absolute atomic E-state index is 5.00. The minimum absolute atomic E-state index is 0.785. The minimum atomic E-state index is -1.49. The normalized spacial score (nSPS) is 14.1. The van der Waals surface area contributed by atoms with Crippen molar-refractivity contribution in [3.05, 3.63) is 0 Å². The van der Waals surface area contributed by atoms with Crippen LogP contribution in [-0.4, -0.2) is 77.0 Å². The Bertz CT molecular complexity index is 554. The third kappa shape index (κ3) is 10.6. The summed E-state index contributed by atoms with van der Waals surface area (Å²) in [5.41, 5.74) is 3.36. The Morgan fingerprint density at radius 3 is 1.04 bits per heavy atom. The second-order valence-electron chi connectivity index (χ2n) is 10.8. The van der Waals surface area contributed by atoms with Gasteiger partial charge in [0.25, 0.3) is 0 Å². The fraction of sp³-hybridized carbons (Fsp3) is 0.842. The summed E-state index contributed by atoms with van der Waals surface area (Å²) < 4.78 is 6.53. The van der Waals surface area contributed by atoms with Crippen molar-refractivity contribution in [2.75, 3.05) is 21.1 Å². The Morgan fingerprint density at radius 2 is 0.786 bits per heavy atom. The van der Waals surface area contributed by atoms with Gasteiger partial charge < -0.3 is 14.0 Å². The van der Waals surface area contributed by atoms with Gasteiger partial charge in [-0.05, 0) is 13.8 Å². The molecule has 0 atom stereocenters. The van der Waals surface area contributed by atoms with Crippen LogP contribution in [0.25, 0.3) is 0 Å². The second kappa shape index (κ2) is 10.2. The lowest BCUT2D eigenvalue weighted by Gasteiger charge is -2.30. The molecule has 9 heteroatoms. The quantitative estimate of drug-likeness (QED) is 0.266. The van der Waals surface area contributed by atoms with E-state index in [2.05, 4.69) is 108 Å². The van der Waals surface area contributed by atoms with Crippen molar-refractivity contribution in [1.29, 1.82) is 0 Å². The zero-order valence-electron chi connectivity index (χ0n) is 21.1. The molecule has 0 aromatic carbocycles. The third-order valence-electron chi connectivity index (χ3n) is 4.77. The molecule has 0 radical (unpaired) electrons. The summed E-state index contributed by atoms with van der Waals surface area (Å²) in [4.78, 5) is 0. The molecular formula is C19H46N6Si3. The number of nitrogens with zero attached hydrogens (tertiary/aromatic N) is 6. The molecule has 0 saturated heterocycles. The zero-order chi connectivity index (χ0) is 22.5. The van der Waals surface area contributed by atoms with Crippen molar-refractivity contribution < 1.29 is 0 Å². The van der Waals surface area contributed by atoms with Gasteiger partial charge in [0.15, 0.2) is 24.7 Å². The second-order valence-corrected chi connectivity index (χ2v) is 25.7. The van der Waals surface area contributed by atoms with Crippen molar-refractivity contribution in [3.63, 3.8) is 0 Å². The van der Waals surface area contributed by atoms with Gasteiger partial charge in [0.05, 0.1) is 0 Å². The first-order valence-corrected chi connectivity index (χ1v) is 20.5. The Balaban J connectivity index is 5.65. The van der Waals surface area contributed by atoms with Crippen LogP contribution in [-0.2, 0) is 0 Å². The molecule has 0 aromatic rings. The van der Waals surface area contributed by atoms with Crippen LogP contribution in [0.4, 0.5) is 0 Å². The Hall–Kier alpha value is -0.939. The Kier molecular flexibility index (Phi) is 9.86. The van der Waals surface area contributed by atoms with Gasteiger partial charge in [0.1, 0.15) is 0 Å². The van der Waals surface area contributed by atoms with Gasteiger partial charge in [0.2, 0.25) is 0 Å². The van der Waals surface area contributed by atoms with Gasteiger partial charge in [-0.1, -0.05) is 58.9 Å². The summed E-state index contributed by atoms with van der Waals surface area (Å²) in [5, 5.41) is 14.7. The Morgan fingerprint density at radius 1 is 0.536 bits per heavy atom. The summed E-state index contributed by atoms with van der Waals surface area (Å²) in [6.45, 7) is 25.0. The molecule has 0 rings (SSSR count). The van der Waals surface area contributed by atoms with E-state index >= 15 is 0 Å². The lowest BCUT2D eigenvalue weighted by molar-refractivity contribution is 0.540. The van der Waals surface area contributed by atoms with Gasteiger partial charge in [-0.2, -0.15) is 15.3 Å². The summed E-state index contributed by atoms with van der Waals surface area (Å²) in [5.74, 6) is 0. The Labute approximate surface area is 178 Å². The van der Waals surface area contributed by atoms with Crippen molar-refractivity contribution in [2.24, 2.45) is 15.3 Å². The molecule has 6 nitrogen and oxygen atoms in total. The molecular weight excluding hydrogens is 397 g/mol. The van der Waals surface area contributed by atoms with Crippen LogP contribution in [0.1, 0.15) is 26.7 Å². The van der Waals surface area contributed by atoms with E-state index in [0.29, 0.717) is 0 Å². The average molecular weight is 443 g/mol. The minimum Gasteiger partial charge on any atom is -0.328 e. The highest BCUT2D eigenvalue weighted by atomic mass is 28.3. The maximum Gasteiger partial charge on any atom is 0.168 e. The maximum atomic E-state index is 5.00. The molecule has 0 N–H and O–H groups in total. The molecule has 0 spiro atoms. The van der Waals surface area contributed by atoms with E-state index in [0.717, 1.165) is 30.0 Å². The SMILES string of the molecule is CC(CC(CC(C)=NN(C)[Si](C)(C)C)=NN(C)[Si](C)(C)C)=NN(C)[Si](C)(C)C. The first-order valence-electron chi connectivity index (χ1n) is 10.2. The molecule has 0 aliphatic rings. The highest BCUT2D eigenvalue weighted by Gasteiger charge is 2.22. The molecule has 0 aliphatic heterocycles. The van der Waals surface area contributed by atoms with Crippen LogP contribution in [0.3, 0.4) is 0 Å². The predicted molar refractivity (Wildman–Crippen MR) is 136 cm³/mol. The molecule has 164 valence electrons.